The van der Waals surface area contributed by atoms with Gasteiger partial charge >= 0.3 is 95.6 Å². The highest BCUT2D eigenvalue weighted by Gasteiger charge is 2.60. The van der Waals surface area contributed by atoms with Crippen LogP contribution in [0.15, 0.2) is 0 Å². The zero-order valence-corrected chi connectivity index (χ0v) is 63.1. The van der Waals surface area contributed by atoms with Crippen LogP contribution in [0, 0.1) is 0 Å². The maximum atomic E-state index is 14.6. The third-order valence-corrected chi connectivity index (χ3v) is 15.7. The van der Waals surface area contributed by atoms with Crippen LogP contribution in [0.1, 0.15) is 96.9 Å². The number of nitrogens with one attached hydrogen (secondary N) is 2. The number of hydrogen-bond acceptors (Lipinski definition) is 40. The molecule has 2 N–H and O–H groups in total. The normalized spacial score (nSPS) is 29.8. The van der Waals surface area contributed by atoms with Crippen molar-refractivity contribution in [1.29, 1.82) is 0 Å². The molecule has 4 amide bonds. The van der Waals surface area contributed by atoms with Gasteiger partial charge in [-0.05, 0) is 0 Å². The van der Waals surface area contributed by atoms with Crippen LogP contribution < -0.4 is 10.6 Å². The molecule has 0 saturated carbocycles. The summed E-state index contributed by atoms with van der Waals surface area (Å²) < 4.78 is 138. The Kier molecular flexibility index (Phi) is 37.5. The Morgan fingerprint density at radius 1 is 0.255 bits per heavy atom. The Balaban J connectivity index is 1.36. The van der Waals surface area contributed by atoms with Gasteiger partial charge in [-0.1, -0.05) is 0 Å². The van der Waals surface area contributed by atoms with E-state index in [1.54, 1.807) is 0 Å². The molecule has 20 atom stereocenters. The van der Waals surface area contributed by atoms with Crippen molar-refractivity contribution >= 4 is 95.6 Å². The van der Waals surface area contributed by atoms with Gasteiger partial charge in [0.25, 0.3) is 0 Å². The first-order valence-corrected chi connectivity index (χ1v) is 34.5. The summed E-state index contributed by atoms with van der Waals surface area (Å²) in [5, 5.41) is 5.23. The summed E-state index contributed by atoms with van der Waals surface area (Å²) in [6.45, 7) is 9.08. The summed E-state index contributed by atoms with van der Waals surface area (Å²) >= 11 is 0. The summed E-state index contributed by atoms with van der Waals surface area (Å²) in [5.41, 5.74) is 0. The molecule has 110 heavy (non-hydrogen) atoms. The molecule has 5 aliphatic heterocycles. The van der Waals surface area contributed by atoms with Crippen molar-refractivity contribution < 1.29 is 190 Å². The molecule has 0 aromatic heterocycles. The van der Waals surface area contributed by atoms with Gasteiger partial charge in [-0.15, -0.1) is 0 Å². The molecule has 44 nitrogen and oxygen atoms in total. The maximum Gasteiger partial charge on any atom is 0.319 e. The summed E-state index contributed by atoms with van der Waals surface area (Å²) in [7, 11) is 0. The molecule has 0 radical (unpaired) electrons. The first-order chi connectivity index (χ1) is 51.9. The highest BCUT2D eigenvalue weighted by Crippen LogP contribution is 2.38. The molecule has 0 aliphatic carbocycles. The van der Waals surface area contributed by atoms with Crippen molar-refractivity contribution in [2.45, 2.75) is 220 Å². The van der Waals surface area contributed by atoms with E-state index in [0.29, 0.717) is 0 Å². The van der Waals surface area contributed by atoms with Crippen LogP contribution in [-0.4, -0.2) is 334 Å². The lowest BCUT2D eigenvalue weighted by molar-refractivity contribution is -0.345. The van der Waals surface area contributed by atoms with Gasteiger partial charge in [-0.25, -0.2) is 9.59 Å². The number of carbonyl (C=O) groups is 16. The summed E-state index contributed by atoms with van der Waals surface area (Å²) in [6, 6.07) is -1.86. The average molecular weight is 1590 g/mol. The second kappa shape index (κ2) is 45.1. The van der Waals surface area contributed by atoms with Crippen molar-refractivity contribution in [1.82, 2.24) is 20.4 Å². The van der Waals surface area contributed by atoms with E-state index in [1.165, 1.54) is 9.80 Å². The van der Waals surface area contributed by atoms with Crippen LogP contribution >= 0.6 is 0 Å². The first-order valence-electron chi connectivity index (χ1n) is 34.5. The minimum Gasteiger partial charge on any atom is -0.463 e. The van der Waals surface area contributed by atoms with Crippen LogP contribution in [0.25, 0.3) is 0 Å². The fraction of sp³-hybridized carbons (Fsp3) is 0.758. The number of carbonyl (C=O) groups excluding carboxylic acids is 16. The molecular formula is C66H96N4O40. The fourth-order valence-electron chi connectivity index (χ4n) is 11.7. The SMILES string of the molecule is CC(=O)OC[C@H]1O[C@@H](NC(=O)N2CCOCCOCCN(C(=O)N[C@@H]3O[C@H](COC(C)=O)[C@@H](O[C@@H]4O[C@H](COC(C)=O)[C@@H](OC(C)=O)[C@H](OC(C)=O)[C@H]4OC(C)=O)[C@H](OC(C)=O)[C@H]3OC(C)=O)CCOCCOCC2)[C@H](OC(C)=O)[C@@H](OC(C)=O)[C@@H]1O[C@@H]1O[C@H](COC(C)=O)[C@@H](OC(C)=O)[C@H](OC(C)=O)[C@H]1OC(C)=O. The van der Waals surface area contributed by atoms with Crippen LogP contribution in [0.5, 0.6) is 0 Å². The molecule has 0 spiro atoms. The Bertz CT molecular complexity index is 2970. The predicted octanol–water partition coefficient (Wildman–Crippen LogP) is -2.67. The molecule has 5 rings (SSSR count). The number of esters is 14. The lowest BCUT2D eigenvalue weighted by Gasteiger charge is -2.49. The van der Waals surface area contributed by atoms with Gasteiger partial charge < -0.3 is 134 Å². The van der Waals surface area contributed by atoms with Crippen LogP contribution in [-0.2, 0) is 181 Å². The summed E-state index contributed by atoms with van der Waals surface area (Å²) in [6.07, 6.45) is -35.6. The quantitative estimate of drug-likeness (QED) is 0.0735. The molecule has 0 bridgehead atoms. The number of amides is 4. The van der Waals surface area contributed by atoms with E-state index in [9.17, 15) is 76.7 Å². The van der Waals surface area contributed by atoms with E-state index >= 15 is 0 Å². The molecule has 0 unspecified atom stereocenters. The van der Waals surface area contributed by atoms with Crippen molar-refractivity contribution in [3.8, 4) is 0 Å². The molecule has 0 aromatic carbocycles. The van der Waals surface area contributed by atoms with Gasteiger partial charge in [0.15, 0.2) is 86.1 Å². The topological polar surface area (TPSA) is 525 Å². The lowest BCUT2D eigenvalue weighted by atomic mass is 9.95. The standard InChI is InChI=1S/C66H96N4O40/c1-31(71)91-27-45-51(109-63-59(103-43(13)83)55(99-39(9)79)49(95-35(5)75)47(107-63)29-93-33(3)73)53(97-37(7)77)57(101-41(11)81)61(105-45)67-65(85)69-15-19-87-23-25-89-21-17-70(18-22-90-26-24-88-20-16-69)66(86)68-62-58(102-42(12)82)54(98-38(8)78)52(46(106-62)28-92-32(2)72)110-64-60(104-44(14)84)56(100-40(10)80)50(96-36(6)76)48(108-64)30-94-34(4)74/h45-64H,15-30H2,1-14H3,(H,67,85)(H,68,86)/t45-,46-,47-,48-,49-,50-,51-,52-,53+,54+,55+,56+,57-,58-,59-,60-,61-,62-,63+,64+/m1/s1. The van der Waals surface area contributed by atoms with Crippen molar-refractivity contribution in [2.24, 2.45) is 0 Å². The van der Waals surface area contributed by atoms with Crippen LogP contribution in [0.2, 0.25) is 0 Å². The number of nitrogens with zero attached hydrogens (tertiary/aromatic N) is 2. The first kappa shape index (κ1) is 91.3. The zero-order chi connectivity index (χ0) is 81.6. The van der Waals surface area contributed by atoms with Gasteiger partial charge in [0.1, 0.15) is 63.1 Å². The van der Waals surface area contributed by atoms with Crippen LogP contribution in [0.3, 0.4) is 0 Å². The van der Waals surface area contributed by atoms with Gasteiger partial charge in [-0.3, -0.25) is 67.1 Å². The molecule has 5 aliphatic rings. The van der Waals surface area contributed by atoms with E-state index in [1.807, 2.05) is 0 Å². The Morgan fingerprint density at radius 3 is 0.700 bits per heavy atom. The number of ether oxygens (including phenoxy) is 24. The summed E-state index contributed by atoms with van der Waals surface area (Å²) in [5.74, 6) is -13.4. The van der Waals surface area contributed by atoms with E-state index in [4.69, 9.17) is 114 Å². The van der Waals surface area contributed by atoms with E-state index in [0.717, 1.165) is 96.9 Å². The van der Waals surface area contributed by atoms with Crippen molar-refractivity contribution in [3.63, 3.8) is 0 Å². The highest BCUT2D eigenvalue weighted by atomic mass is 16.8. The number of rotatable bonds is 24. The molecule has 620 valence electrons. The molecule has 44 heteroatoms. The largest absolute Gasteiger partial charge is 0.463 e. The average Bonchev–Trinajstić information content (AvgIpc) is 0.770. The minimum absolute atomic E-state index is 0.119. The molecular weight excluding hydrogens is 1490 g/mol. The van der Waals surface area contributed by atoms with Gasteiger partial charge in [0.05, 0.1) is 52.9 Å². The van der Waals surface area contributed by atoms with Gasteiger partial charge in [-0.2, -0.15) is 0 Å². The highest BCUT2D eigenvalue weighted by molar-refractivity contribution is 5.76. The second-order valence-electron chi connectivity index (χ2n) is 24.8. The van der Waals surface area contributed by atoms with Crippen LogP contribution in [0.4, 0.5) is 9.59 Å². The third kappa shape index (κ3) is 30.2. The Morgan fingerprint density at radius 2 is 0.464 bits per heavy atom. The molecule has 5 saturated heterocycles. The minimum atomic E-state index is -1.98. The smallest absolute Gasteiger partial charge is 0.319 e. The van der Waals surface area contributed by atoms with Crippen molar-refractivity contribution in [3.05, 3.63) is 0 Å². The Hall–Kier alpha value is -9.28. The maximum absolute atomic E-state index is 14.6. The van der Waals surface area contributed by atoms with Crippen molar-refractivity contribution in [2.75, 3.05) is 105 Å². The van der Waals surface area contributed by atoms with E-state index < -0.39 is 245 Å². The lowest BCUT2D eigenvalue weighted by Crippen LogP contribution is -2.69. The van der Waals surface area contributed by atoms with Gasteiger partial charge in [0, 0.05) is 123 Å². The number of hydrogen-bond donors (Lipinski definition) is 2. The van der Waals surface area contributed by atoms with E-state index in [2.05, 4.69) is 10.6 Å². The fourth-order valence-corrected chi connectivity index (χ4v) is 11.7. The second-order valence-corrected chi connectivity index (χ2v) is 24.8. The third-order valence-electron chi connectivity index (χ3n) is 15.7. The zero-order valence-electron chi connectivity index (χ0n) is 63.1. The number of urea groups is 2. The molecule has 5 heterocycles. The van der Waals surface area contributed by atoms with E-state index in [-0.39, 0.29) is 79.0 Å². The Labute approximate surface area is 629 Å². The van der Waals surface area contributed by atoms with Gasteiger partial charge in [0.2, 0.25) is 0 Å². The monoisotopic (exact) mass is 1580 g/mol. The molecule has 0 aromatic rings. The summed E-state index contributed by atoms with van der Waals surface area (Å²) in [4.78, 5) is 209. The molecule has 5 fully saturated rings. The predicted molar refractivity (Wildman–Crippen MR) is 350 cm³/mol.